The second-order valence-electron chi connectivity index (χ2n) is 8.32. The van der Waals surface area contributed by atoms with Crippen molar-refractivity contribution in [2.24, 2.45) is 17.9 Å². The number of halogens is 1. The molecule has 2 aromatic heterocycles. The van der Waals surface area contributed by atoms with Crippen molar-refractivity contribution >= 4 is 34.4 Å². The van der Waals surface area contributed by atoms with E-state index in [4.69, 9.17) is 11.6 Å². The van der Waals surface area contributed by atoms with Gasteiger partial charge >= 0.3 is 6.09 Å². The Morgan fingerprint density at radius 3 is 2.39 bits per heavy atom. The van der Waals surface area contributed by atoms with E-state index in [1.807, 2.05) is 11.0 Å². The van der Waals surface area contributed by atoms with Crippen molar-refractivity contribution in [2.45, 2.75) is 13.8 Å². The molecule has 28 heavy (non-hydrogen) atoms. The molecule has 2 fully saturated rings. The van der Waals surface area contributed by atoms with Gasteiger partial charge in [-0.25, -0.2) is 9.78 Å². The Kier molecular flexibility index (Phi) is 3.88. The summed E-state index contributed by atoms with van der Waals surface area (Å²) in [7, 11) is 1.61. The van der Waals surface area contributed by atoms with Crippen LogP contribution in [0.3, 0.4) is 0 Å². The lowest BCUT2D eigenvalue weighted by molar-refractivity contribution is 0.149. The van der Waals surface area contributed by atoms with Crippen LogP contribution in [-0.2, 0) is 7.05 Å². The first-order valence-corrected chi connectivity index (χ1v) is 9.30. The highest BCUT2D eigenvalue weighted by Crippen LogP contribution is 2.53. The number of hydrogen-bond acceptors (Lipinski definition) is 5. The van der Waals surface area contributed by atoms with Crippen molar-refractivity contribution in [1.29, 1.82) is 5.26 Å². The molecule has 1 amide bonds. The molecule has 0 aromatic carbocycles. The Morgan fingerprint density at radius 2 is 1.86 bits per heavy atom. The van der Waals surface area contributed by atoms with Crippen LogP contribution < -0.4 is 10.5 Å². The molecule has 4 rings (SSSR count). The van der Waals surface area contributed by atoms with Crippen molar-refractivity contribution in [3.05, 3.63) is 33.2 Å². The normalized spacial score (nSPS) is 26.5. The third kappa shape index (κ3) is 2.39. The van der Waals surface area contributed by atoms with Gasteiger partial charge in [0.05, 0.1) is 11.2 Å². The van der Waals surface area contributed by atoms with Gasteiger partial charge in [-0.2, -0.15) is 5.26 Å². The Hall–Kier alpha value is -2.79. The number of pyridine rings is 2. The highest BCUT2D eigenvalue weighted by Gasteiger charge is 2.59. The molecule has 0 aliphatic carbocycles. The van der Waals surface area contributed by atoms with Crippen molar-refractivity contribution < 1.29 is 9.90 Å². The number of amides is 1. The number of nitrogens with zero attached hydrogens (tertiary/aromatic N) is 5. The van der Waals surface area contributed by atoms with E-state index in [1.54, 1.807) is 19.2 Å². The summed E-state index contributed by atoms with van der Waals surface area (Å²) in [6.07, 6.45) is -0.923. The van der Waals surface area contributed by atoms with Gasteiger partial charge in [0.2, 0.25) is 0 Å². The molecule has 2 atom stereocenters. The van der Waals surface area contributed by atoms with Gasteiger partial charge < -0.3 is 19.5 Å². The summed E-state index contributed by atoms with van der Waals surface area (Å²) in [5.41, 5.74) is 0.646. The van der Waals surface area contributed by atoms with Gasteiger partial charge in [-0.3, -0.25) is 4.79 Å². The standard InChI is InChI=1S/C19H20ClN5O3/c1-18-7-24(8-19(18,2)10-25(9-18)17(27)28)15-11(6-21)16(26)23(3)12-4-5-13(20)22-14(12)15/h4-5H,7-10H2,1-3H3,(H,27,28)/t18-,19+. The Balaban J connectivity index is 1.89. The first-order chi connectivity index (χ1) is 13.1. The molecule has 4 heterocycles. The molecule has 0 bridgehead atoms. The maximum Gasteiger partial charge on any atom is 0.407 e. The van der Waals surface area contributed by atoms with Gasteiger partial charge in [-0.1, -0.05) is 25.4 Å². The monoisotopic (exact) mass is 401 g/mol. The largest absolute Gasteiger partial charge is 0.465 e. The van der Waals surface area contributed by atoms with Crippen molar-refractivity contribution in [3.8, 4) is 6.07 Å². The molecule has 0 radical (unpaired) electrons. The molecular formula is C19H20ClN5O3. The van der Waals surface area contributed by atoms with E-state index in [9.17, 15) is 20.0 Å². The van der Waals surface area contributed by atoms with Gasteiger partial charge in [-0.15, -0.1) is 0 Å². The number of fused-ring (bicyclic) bond motifs is 2. The van der Waals surface area contributed by atoms with Crippen molar-refractivity contribution in [1.82, 2.24) is 14.5 Å². The van der Waals surface area contributed by atoms with Crippen LogP contribution in [0.4, 0.5) is 10.5 Å². The van der Waals surface area contributed by atoms with Crippen LogP contribution in [0.15, 0.2) is 16.9 Å². The zero-order chi connectivity index (χ0) is 20.4. The fourth-order valence-electron chi connectivity index (χ4n) is 4.73. The summed E-state index contributed by atoms with van der Waals surface area (Å²) in [5.74, 6) is 0. The number of carboxylic acid groups (broad SMARTS) is 1. The maximum absolute atomic E-state index is 12.8. The number of rotatable bonds is 1. The Bertz CT molecular complexity index is 1100. The van der Waals surface area contributed by atoms with E-state index in [1.165, 1.54) is 9.47 Å². The lowest BCUT2D eigenvalue weighted by atomic mass is 9.71. The van der Waals surface area contributed by atoms with Gasteiger partial charge in [0.1, 0.15) is 22.3 Å². The molecule has 0 unspecified atom stereocenters. The molecule has 0 saturated carbocycles. The molecule has 1 N–H and O–H groups in total. The fourth-order valence-corrected chi connectivity index (χ4v) is 4.88. The number of aromatic nitrogens is 2. The molecule has 146 valence electrons. The fraction of sp³-hybridized carbons (Fsp3) is 0.474. The zero-order valence-electron chi connectivity index (χ0n) is 15.9. The molecule has 9 heteroatoms. The first kappa shape index (κ1) is 18.6. The smallest absolute Gasteiger partial charge is 0.407 e. The van der Waals surface area contributed by atoms with Gasteiger partial charge in [0.25, 0.3) is 5.56 Å². The topological polar surface area (TPSA) is 102 Å². The summed E-state index contributed by atoms with van der Waals surface area (Å²) < 4.78 is 1.41. The van der Waals surface area contributed by atoms with E-state index < -0.39 is 6.09 Å². The number of likely N-dealkylation sites (tertiary alicyclic amines) is 1. The molecule has 8 nitrogen and oxygen atoms in total. The Labute approximate surface area is 166 Å². The minimum atomic E-state index is -0.923. The number of anilines is 1. The van der Waals surface area contributed by atoms with Crippen LogP contribution in [0.1, 0.15) is 19.4 Å². The van der Waals surface area contributed by atoms with Crippen LogP contribution in [0.2, 0.25) is 5.15 Å². The van der Waals surface area contributed by atoms with E-state index in [0.29, 0.717) is 42.9 Å². The highest BCUT2D eigenvalue weighted by molar-refractivity contribution is 6.29. The van der Waals surface area contributed by atoms with Crippen molar-refractivity contribution in [2.75, 3.05) is 31.1 Å². The predicted octanol–water partition coefficient (Wildman–Crippen LogP) is 2.28. The third-order valence-electron chi connectivity index (χ3n) is 6.50. The average Bonchev–Trinajstić information content (AvgIpc) is 3.02. The minimum Gasteiger partial charge on any atom is -0.465 e. The lowest BCUT2D eigenvalue weighted by Gasteiger charge is -2.29. The maximum atomic E-state index is 12.8. The second kappa shape index (κ2) is 5.85. The SMILES string of the molecule is Cn1c(=O)c(C#N)c(N2C[C@]3(C)CN(C(=O)O)C[C@]3(C)C2)c2nc(Cl)ccc21. The zero-order valence-corrected chi connectivity index (χ0v) is 16.6. The average molecular weight is 402 g/mol. The van der Waals surface area contributed by atoms with Crippen molar-refractivity contribution in [3.63, 3.8) is 0 Å². The Morgan fingerprint density at radius 1 is 1.25 bits per heavy atom. The summed E-state index contributed by atoms with van der Waals surface area (Å²) in [6.45, 7) is 6.00. The highest BCUT2D eigenvalue weighted by atomic mass is 35.5. The summed E-state index contributed by atoms with van der Waals surface area (Å²) in [4.78, 5) is 32.1. The van der Waals surface area contributed by atoms with Crippen LogP contribution in [0.5, 0.6) is 0 Å². The molecule has 2 saturated heterocycles. The van der Waals surface area contributed by atoms with Crippen LogP contribution in [-0.4, -0.2) is 51.8 Å². The van der Waals surface area contributed by atoms with Gasteiger partial charge in [-0.05, 0) is 12.1 Å². The van der Waals surface area contributed by atoms with Crippen LogP contribution in [0.25, 0.3) is 11.0 Å². The van der Waals surface area contributed by atoms with Gasteiger partial charge in [0.15, 0.2) is 0 Å². The molecule has 2 aliphatic heterocycles. The number of nitriles is 1. The number of aryl methyl sites for hydroxylation is 1. The first-order valence-electron chi connectivity index (χ1n) is 8.92. The predicted molar refractivity (Wildman–Crippen MR) is 105 cm³/mol. The molecule has 0 spiro atoms. The summed E-state index contributed by atoms with van der Waals surface area (Å²) in [6, 6.07) is 5.39. The molecule has 2 aliphatic rings. The lowest BCUT2D eigenvalue weighted by Crippen LogP contribution is -2.36. The summed E-state index contributed by atoms with van der Waals surface area (Å²) in [5, 5.41) is 19.4. The molecular weight excluding hydrogens is 382 g/mol. The molecule has 2 aromatic rings. The van der Waals surface area contributed by atoms with E-state index in [2.05, 4.69) is 18.8 Å². The van der Waals surface area contributed by atoms with E-state index in [0.717, 1.165) is 0 Å². The van der Waals surface area contributed by atoms with Crippen LogP contribution in [0, 0.1) is 22.2 Å². The third-order valence-corrected chi connectivity index (χ3v) is 6.71. The summed E-state index contributed by atoms with van der Waals surface area (Å²) >= 11 is 6.12. The minimum absolute atomic E-state index is 0.0343. The van der Waals surface area contributed by atoms with Gasteiger partial charge in [0, 0.05) is 44.1 Å². The van der Waals surface area contributed by atoms with E-state index >= 15 is 0 Å². The van der Waals surface area contributed by atoms with Crippen LogP contribution >= 0.6 is 11.6 Å². The van der Waals surface area contributed by atoms with E-state index in [-0.39, 0.29) is 27.1 Å². The number of carbonyl (C=O) groups is 1. The second-order valence-corrected chi connectivity index (χ2v) is 8.70. The number of hydrogen-bond donors (Lipinski definition) is 1. The quantitative estimate of drug-likeness (QED) is 0.735.